The maximum atomic E-state index is 9.54. The molecule has 16 heavy (non-hydrogen) atoms. The van der Waals surface area contributed by atoms with E-state index in [0.29, 0.717) is 12.8 Å². The number of hydrogen-bond acceptors (Lipinski definition) is 5. The van der Waals surface area contributed by atoms with Gasteiger partial charge in [0, 0.05) is 25.1 Å². The van der Waals surface area contributed by atoms with Crippen LogP contribution in [0.2, 0.25) is 0 Å². The number of aliphatic hydroxyl groups excluding tert-OH is 2. The van der Waals surface area contributed by atoms with Gasteiger partial charge in [0.05, 0.1) is 18.8 Å². The molecule has 5 nitrogen and oxygen atoms in total. The number of hydrogen-bond donors (Lipinski definition) is 3. The highest BCUT2D eigenvalue weighted by Gasteiger charge is 2.33. The predicted molar refractivity (Wildman–Crippen MR) is 56.0 cm³/mol. The van der Waals surface area contributed by atoms with E-state index in [-0.39, 0.29) is 18.6 Å². The molecule has 1 aromatic rings. The van der Waals surface area contributed by atoms with E-state index in [9.17, 15) is 5.11 Å². The van der Waals surface area contributed by atoms with E-state index < -0.39 is 12.2 Å². The van der Waals surface area contributed by atoms with Crippen molar-refractivity contribution in [1.29, 1.82) is 0 Å². The Hall–Kier alpha value is -1.17. The van der Waals surface area contributed by atoms with Crippen LogP contribution in [0.5, 0.6) is 5.88 Å². The zero-order valence-electron chi connectivity index (χ0n) is 8.78. The van der Waals surface area contributed by atoms with Gasteiger partial charge in [-0.1, -0.05) is 6.07 Å². The Morgan fingerprint density at radius 2 is 2.25 bits per heavy atom. The van der Waals surface area contributed by atoms with Gasteiger partial charge in [0.1, 0.15) is 6.10 Å². The topological polar surface area (TPSA) is 82.8 Å². The van der Waals surface area contributed by atoms with Crippen molar-refractivity contribution in [3.63, 3.8) is 0 Å². The lowest BCUT2D eigenvalue weighted by Gasteiger charge is -2.11. The predicted octanol–water partition coefficient (Wildman–Crippen LogP) is -0.160. The summed E-state index contributed by atoms with van der Waals surface area (Å²) < 4.78 is 5.47. The van der Waals surface area contributed by atoms with Crippen LogP contribution in [0.15, 0.2) is 18.3 Å². The molecule has 0 amide bonds. The Morgan fingerprint density at radius 1 is 1.44 bits per heavy atom. The van der Waals surface area contributed by atoms with Gasteiger partial charge in [-0.05, 0) is 5.56 Å². The number of nitrogens with zero attached hydrogens (tertiary/aromatic N) is 1. The fourth-order valence-electron chi connectivity index (χ4n) is 1.91. The van der Waals surface area contributed by atoms with E-state index in [1.54, 1.807) is 12.3 Å². The third-order valence-electron chi connectivity index (χ3n) is 2.75. The fourth-order valence-corrected chi connectivity index (χ4v) is 1.91. The van der Waals surface area contributed by atoms with Crippen LogP contribution >= 0.6 is 0 Å². The lowest BCUT2D eigenvalue weighted by atomic mass is 10.1. The number of aromatic nitrogens is 1. The summed E-state index contributed by atoms with van der Waals surface area (Å²) in [4.78, 5) is 3.77. The number of rotatable bonds is 3. The number of aromatic hydroxyl groups is 1. The molecule has 0 spiro atoms. The van der Waals surface area contributed by atoms with Gasteiger partial charge in [-0.25, -0.2) is 4.98 Å². The van der Waals surface area contributed by atoms with Crippen molar-refractivity contribution >= 4 is 0 Å². The van der Waals surface area contributed by atoms with Crippen molar-refractivity contribution in [2.75, 3.05) is 6.61 Å². The molecule has 88 valence electrons. The molecule has 2 heterocycles. The molecule has 1 saturated heterocycles. The molecule has 1 aliphatic rings. The van der Waals surface area contributed by atoms with E-state index in [4.69, 9.17) is 14.9 Å². The lowest BCUT2D eigenvalue weighted by Crippen LogP contribution is -2.24. The molecule has 3 N–H and O–H groups in total. The first-order valence-corrected chi connectivity index (χ1v) is 5.27. The zero-order valence-corrected chi connectivity index (χ0v) is 8.78. The molecule has 0 radical (unpaired) electrons. The van der Waals surface area contributed by atoms with Crippen LogP contribution in [0.25, 0.3) is 0 Å². The van der Waals surface area contributed by atoms with Crippen molar-refractivity contribution in [3.05, 3.63) is 23.9 Å². The molecular formula is C11H15NO4. The van der Waals surface area contributed by atoms with Crippen LogP contribution < -0.4 is 0 Å². The van der Waals surface area contributed by atoms with E-state index in [1.807, 2.05) is 0 Å². The summed E-state index contributed by atoms with van der Waals surface area (Å²) in [6, 6.07) is 3.29. The van der Waals surface area contributed by atoms with Crippen LogP contribution in [0.1, 0.15) is 12.0 Å². The smallest absolute Gasteiger partial charge is 0.210 e. The van der Waals surface area contributed by atoms with Gasteiger partial charge in [0.2, 0.25) is 5.88 Å². The summed E-state index contributed by atoms with van der Waals surface area (Å²) in [7, 11) is 0. The highest BCUT2D eigenvalue weighted by atomic mass is 16.5. The normalized spacial score (nSPS) is 29.5. The number of pyridine rings is 1. The maximum Gasteiger partial charge on any atom is 0.210 e. The number of aliphatic hydroxyl groups is 2. The largest absolute Gasteiger partial charge is 0.493 e. The molecule has 2 rings (SSSR count). The Kier molecular flexibility index (Phi) is 3.38. The van der Waals surface area contributed by atoms with Crippen molar-refractivity contribution in [2.45, 2.75) is 31.2 Å². The molecular weight excluding hydrogens is 210 g/mol. The lowest BCUT2D eigenvalue weighted by molar-refractivity contribution is -0.0215. The second kappa shape index (κ2) is 4.78. The first-order valence-electron chi connectivity index (χ1n) is 5.27. The van der Waals surface area contributed by atoms with Gasteiger partial charge in [0.15, 0.2) is 0 Å². The van der Waals surface area contributed by atoms with Crippen LogP contribution in [0, 0.1) is 0 Å². The van der Waals surface area contributed by atoms with Crippen LogP contribution in [0.3, 0.4) is 0 Å². The zero-order chi connectivity index (χ0) is 11.5. The van der Waals surface area contributed by atoms with E-state index in [1.165, 1.54) is 6.07 Å². The van der Waals surface area contributed by atoms with E-state index in [0.717, 1.165) is 5.56 Å². The van der Waals surface area contributed by atoms with E-state index in [2.05, 4.69) is 4.98 Å². The first-order chi connectivity index (χ1) is 7.69. The average Bonchev–Trinajstić information content (AvgIpc) is 2.62. The molecule has 3 atom stereocenters. The minimum atomic E-state index is -0.597. The summed E-state index contributed by atoms with van der Waals surface area (Å²) in [5.41, 5.74) is 0.939. The van der Waals surface area contributed by atoms with Gasteiger partial charge in [-0.3, -0.25) is 0 Å². The highest BCUT2D eigenvalue weighted by molar-refractivity contribution is 5.17. The summed E-state index contributed by atoms with van der Waals surface area (Å²) in [6.45, 7) is -0.161. The molecule has 1 fully saturated rings. The summed E-state index contributed by atoms with van der Waals surface area (Å²) in [5.74, 6) is -0.00985. The minimum Gasteiger partial charge on any atom is -0.493 e. The molecule has 5 heteroatoms. The molecule has 0 bridgehead atoms. The Morgan fingerprint density at radius 3 is 2.81 bits per heavy atom. The number of ether oxygens (including phenoxy) is 1. The third-order valence-corrected chi connectivity index (χ3v) is 2.75. The fraction of sp³-hybridized carbons (Fsp3) is 0.545. The minimum absolute atomic E-state index is 0.00985. The SMILES string of the molecule is OC[C@H]1O[C@@H](Cc2ccc(O)nc2)CC1O. The van der Waals surface area contributed by atoms with Crippen LogP contribution in [0.4, 0.5) is 0 Å². The Labute approximate surface area is 93.3 Å². The monoisotopic (exact) mass is 225 g/mol. The van der Waals surface area contributed by atoms with Crippen LogP contribution in [-0.2, 0) is 11.2 Å². The molecule has 0 saturated carbocycles. The average molecular weight is 225 g/mol. The van der Waals surface area contributed by atoms with Crippen molar-refractivity contribution < 1.29 is 20.1 Å². The van der Waals surface area contributed by atoms with Crippen molar-refractivity contribution in [3.8, 4) is 5.88 Å². The van der Waals surface area contributed by atoms with Gasteiger partial charge >= 0.3 is 0 Å². The van der Waals surface area contributed by atoms with E-state index >= 15 is 0 Å². The Bertz CT molecular complexity index is 340. The molecule has 0 aromatic carbocycles. The quantitative estimate of drug-likeness (QED) is 0.666. The molecule has 1 unspecified atom stereocenters. The summed E-state index contributed by atoms with van der Waals surface area (Å²) in [5, 5.41) is 27.5. The molecule has 0 aliphatic carbocycles. The summed E-state index contributed by atoms with van der Waals surface area (Å²) in [6.07, 6.45) is 1.55. The van der Waals surface area contributed by atoms with Crippen molar-refractivity contribution in [2.24, 2.45) is 0 Å². The second-order valence-corrected chi connectivity index (χ2v) is 4.01. The van der Waals surface area contributed by atoms with Gasteiger partial charge in [0.25, 0.3) is 0 Å². The highest BCUT2D eigenvalue weighted by Crippen LogP contribution is 2.23. The standard InChI is InChI=1S/C11H15NO4/c13-6-10-9(14)4-8(16-10)3-7-1-2-11(15)12-5-7/h1-2,5,8-10,13-14H,3-4,6H2,(H,12,15)/t8-,9?,10+/m0/s1. The van der Waals surface area contributed by atoms with Crippen molar-refractivity contribution in [1.82, 2.24) is 4.98 Å². The third kappa shape index (κ3) is 2.49. The summed E-state index contributed by atoms with van der Waals surface area (Å²) >= 11 is 0. The Balaban J connectivity index is 1.94. The van der Waals surface area contributed by atoms with Gasteiger partial charge in [-0.15, -0.1) is 0 Å². The molecule has 1 aromatic heterocycles. The van der Waals surface area contributed by atoms with Gasteiger partial charge in [-0.2, -0.15) is 0 Å². The van der Waals surface area contributed by atoms with Gasteiger partial charge < -0.3 is 20.1 Å². The molecule has 1 aliphatic heterocycles. The maximum absolute atomic E-state index is 9.54. The van der Waals surface area contributed by atoms with Crippen LogP contribution in [-0.4, -0.2) is 45.2 Å². The first kappa shape index (κ1) is 11.3. The second-order valence-electron chi connectivity index (χ2n) is 4.01.